The van der Waals surface area contributed by atoms with Crippen molar-refractivity contribution in [3.8, 4) is 5.75 Å². The lowest BCUT2D eigenvalue weighted by molar-refractivity contribution is 0.0696. The van der Waals surface area contributed by atoms with Gasteiger partial charge in [0, 0.05) is 23.6 Å². The first-order chi connectivity index (χ1) is 9.86. The molecule has 2 unspecified atom stereocenters. The number of nitrogens with zero attached hydrogens (tertiary/aromatic N) is 1. The van der Waals surface area contributed by atoms with Gasteiger partial charge in [-0.3, -0.25) is 0 Å². The first-order valence-corrected chi connectivity index (χ1v) is 7.58. The summed E-state index contributed by atoms with van der Waals surface area (Å²) in [6.07, 6.45) is 0. The summed E-state index contributed by atoms with van der Waals surface area (Å²) in [5, 5.41) is 22.0. The molecule has 1 saturated heterocycles. The van der Waals surface area contributed by atoms with E-state index >= 15 is 0 Å². The van der Waals surface area contributed by atoms with Crippen molar-refractivity contribution in [2.45, 2.75) is 24.3 Å². The highest BCUT2D eigenvalue weighted by Gasteiger charge is 2.26. The minimum Gasteiger partial charge on any atom is -0.506 e. The van der Waals surface area contributed by atoms with E-state index in [1.54, 1.807) is 4.90 Å². The van der Waals surface area contributed by atoms with Crippen molar-refractivity contribution in [2.24, 2.45) is 0 Å². The van der Waals surface area contributed by atoms with Gasteiger partial charge in [-0.25, -0.2) is 9.59 Å². The molecule has 0 spiro atoms. The summed E-state index contributed by atoms with van der Waals surface area (Å²) in [4.78, 5) is 24.7. The minimum absolute atomic E-state index is 0.0258. The number of hydrogen-bond acceptors (Lipinski definition) is 4. The van der Waals surface area contributed by atoms with Gasteiger partial charge in [0.25, 0.3) is 0 Å². The molecule has 2 atom stereocenters. The van der Waals surface area contributed by atoms with Gasteiger partial charge < -0.3 is 20.4 Å². The fourth-order valence-electron chi connectivity index (χ4n) is 2.31. The SMILES string of the molecule is CC1CN(C(=O)Nc2ccc(C(=O)O)cc2O)CC(C)S1. The Hall–Kier alpha value is -1.89. The predicted molar refractivity (Wildman–Crippen MR) is 82.2 cm³/mol. The second-order valence-electron chi connectivity index (χ2n) is 5.13. The van der Waals surface area contributed by atoms with E-state index in [2.05, 4.69) is 19.2 Å². The number of carboxylic acid groups (broad SMARTS) is 1. The Morgan fingerprint density at radius 3 is 2.43 bits per heavy atom. The Morgan fingerprint density at radius 2 is 1.90 bits per heavy atom. The number of amides is 2. The number of phenols is 1. The van der Waals surface area contributed by atoms with Gasteiger partial charge in [-0.2, -0.15) is 11.8 Å². The van der Waals surface area contributed by atoms with E-state index < -0.39 is 5.97 Å². The van der Waals surface area contributed by atoms with Gasteiger partial charge in [0.05, 0.1) is 11.3 Å². The first-order valence-electron chi connectivity index (χ1n) is 6.64. The molecule has 1 aliphatic rings. The summed E-state index contributed by atoms with van der Waals surface area (Å²) in [5.41, 5.74) is 0.186. The molecule has 2 rings (SSSR count). The van der Waals surface area contributed by atoms with Gasteiger partial charge in [-0.15, -0.1) is 0 Å². The molecule has 0 radical (unpaired) electrons. The van der Waals surface area contributed by atoms with Crippen molar-refractivity contribution in [3.05, 3.63) is 23.8 Å². The number of nitrogens with one attached hydrogen (secondary N) is 1. The molecule has 0 bridgehead atoms. The average molecular weight is 310 g/mol. The number of urea groups is 1. The van der Waals surface area contributed by atoms with Crippen LogP contribution in [0.15, 0.2) is 18.2 Å². The Labute approximate surface area is 127 Å². The Kier molecular flexibility index (Phi) is 4.62. The monoisotopic (exact) mass is 310 g/mol. The van der Waals surface area contributed by atoms with Crippen molar-refractivity contribution < 1.29 is 19.8 Å². The van der Waals surface area contributed by atoms with Crippen LogP contribution in [0.1, 0.15) is 24.2 Å². The van der Waals surface area contributed by atoms with Crippen molar-refractivity contribution in [3.63, 3.8) is 0 Å². The van der Waals surface area contributed by atoms with Crippen LogP contribution in [0.2, 0.25) is 0 Å². The molecule has 1 aromatic carbocycles. The molecule has 6 nitrogen and oxygen atoms in total. The number of thioether (sulfide) groups is 1. The van der Waals surface area contributed by atoms with E-state index in [-0.39, 0.29) is 23.0 Å². The first kappa shape index (κ1) is 15.5. The number of aromatic carboxylic acids is 1. The maximum Gasteiger partial charge on any atom is 0.335 e. The zero-order valence-corrected chi connectivity index (χ0v) is 12.7. The second kappa shape index (κ2) is 6.26. The fourth-order valence-corrected chi connectivity index (χ4v) is 3.63. The lowest BCUT2D eigenvalue weighted by Gasteiger charge is -2.34. The second-order valence-corrected chi connectivity index (χ2v) is 7.01. The van der Waals surface area contributed by atoms with Crippen LogP contribution >= 0.6 is 11.8 Å². The molecule has 114 valence electrons. The molecule has 1 heterocycles. The maximum atomic E-state index is 12.2. The Morgan fingerprint density at radius 1 is 1.29 bits per heavy atom. The molecule has 0 aromatic heterocycles. The number of carbonyl (C=O) groups is 2. The Bertz CT molecular complexity index is 554. The summed E-state index contributed by atoms with van der Waals surface area (Å²) < 4.78 is 0. The topological polar surface area (TPSA) is 89.9 Å². The highest BCUT2D eigenvalue weighted by Crippen LogP contribution is 2.27. The van der Waals surface area contributed by atoms with Crippen molar-refractivity contribution in [1.82, 2.24) is 4.90 Å². The molecule has 1 aromatic rings. The normalized spacial score (nSPS) is 21.9. The molecule has 0 aliphatic carbocycles. The van der Waals surface area contributed by atoms with Crippen LogP contribution in [0.3, 0.4) is 0 Å². The van der Waals surface area contributed by atoms with Gasteiger partial charge in [0.15, 0.2) is 0 Å². The van der Waals surface area contributed by atoms with Crippen LogP contribution in [-0.2, 0) is 0 Å². The number of hydrogen-bond donors (Lipinski definition) is 3. The summed E-state index contributed by atoms with van der Waals surface area (Å²) >= 11 is 1.84. The molecule has 21 heavy (non-hydrogen) atoms. The molecule has 1 fully saturated rings. The van der Waals surface area contributed by atoms with E-state index in [0.717, 1.165) is 6.07 Å². The highest BCUT2D eigenvalue weighted by molar-refractivity contribution is 8.00. The number of benzene rings is 1. The van der Waals surface area contributed by atoms with Crippen LogP contribution in [0.4, 0.5) is 10.5 Å². The zero-order chi connectivity index (χ0) is 15.6. The maximum absolute atomic E-state index is 12.2. The van der Waals surface area contributed by atoms with Gasteiger partial charge in [-0.05, 0) is 18.2 Å². The molecule has 0 saturated carbocycles. The van der Waals surface area contributed by atoms with Crippen LogP contribution < -0.4 is 5.32 Å². The molecular weight excluding hydrogens is 292 g/mol. The van der Waals surface area contributed by atoms with Gasteiger partial charge in [0.1, 0.15) is 5.75 Å². The Balaban J connectivity index is 2.07. The van der Waals surface area contributed by atoms with E-state index in [1.165, 1.54) is 12.1 Å². The zero-order valence-electron chi connectivity index (χ0n) is 11.9. The third kappa shape index (κ3) is 3.81. The van der Waals surface area contributed by atoms with Crippen LogP contribution in [0, 0.1) is 0 Å². The number of rotatable bonds is 2. The quantitative estimate of drug-likeness (QED) is 0.730. The third-order valence-corrected chi connectivity index (χ3v) is 4.42. The molecule has 2 amide bonds. The van der Waals surface area contributed by atoms with Crippen LogP contribution in [-0.4, -0.2) is 50.7 Å². The van der Waals surface area contributed by atoms with Crippen LogP contribution in [0.25, 0.3) is 0 Å². The summed E-state index contributed by atoms with van der Waals surface area (Å²) in [5.74, 6) is -1.38. The van der Waals surface area contributed by atoms with Gasteiger partial charge >= 0.3 is 12.0 Å². The standard InChI is InChI=1S/C14H18N2O4S/c1-8-6-16(7-9(2)21-8)14(20)15-11-4-3-10(13(18)19)5-12(11)17/h3-5,8-9,17H,6-7H2,1-2H3,(H,15,20)(H,18,19). The molecular formula is C14H18N2O4S. The molecule has 1 aliphatic heterocycles. The lowest BCUT2D eigenvalue weighted by atomic mass is 10.2. The summed E-state index contributed by atoms with van der Waals surface area (Å²) in [7, 11) is 0. The smallest absolute Gasteiger partial charge is 0.335 e. The van der Waals surface area contributed by atoms with E-state index in [9.17, 15) is 14.7 Å². The van der Waals surface area contributed by atoms with E-state index in [4.69, 9.17) is 5.11 Å². The predicted octanol–water partition coefficient (Wildman–Crippen LogP) is 2.45. The van der Waals surface area contributed by atoms with Crippen molar-refractivity contribution in [2.75, 3.05) is 18.4 Å². The number of aromatic hydroxyl groups is 1. The molecule has 7 heteroatoms. The highest BCUT2D eigenvalue weighted by atomic mass is 32.2. The number of anilines is 1. The van der Waals surface area contributed by atoms with Crippen molar-refractivity contribution in [1.29, 1.82) is 0 Å². The largest absolute Gasteiger partial charge is 0.506 e. The number of carboxylic acids is 1. The lowest BCUT2D eigenvalue weighted by Crippen LogP contribution is -2.46. The molecule has 3 N–H and O–H groups in total. The van der Waals surface area contributed by atoms with Crippen LogP contribution in [0.5, 0.6) is 5.75 Å². The summed E-state index contributed by atoms with van der Waals surface area (Å²) in [6.45, 7) is 5.43. The van der Waals surface area contributed by atoms with E-state index in [0.29, 0.717) is 23.6 Å². The van der Waals surface area contributed by atoms with Crippen molar-refractivity contribution >= 4 is 29.4 Å². The third-order valence-electron chi connectivity index (χ3n) is 3.19. The fraction of sp³-hybridized carbons (Fsp3) is 0.429. The van der Waals surface area contributed by atoms with E-state index in [1.807, 2.05) is 11.8 Å². The van der Waals surface area contributed by atoms with Gasteiger partial charge in [-0.1, -0.05) is 13.8 Å². The minimum atomic E-state index is -1.13. The number of carbonyl (C=O) groups excluding carboxylic acids is 1. The average Bonchev–Trinajstić information content (AvgIpc) is 2.39. The van der Waals surface area contributed by atoms with Gasteiger partial charge in [0.2, 0.25) is 0 Å². The summed E-state index contributed by atoms with van der Waals surface area (Å²) in [6, 6.07) is 3.57. The number of phenolic OH excluding ortho intramolecular Hbond substituents is 1.